The molecule has 6 heteroatoms. The zero-order valence-electron chi connectivity index (χ0n) is 31.8. The van der Waals surface area contributed by atoms with E-state index in [4.69, 9.17) is 17.0 Å². The van der Waals surface area contributed by atoms with E-state index in [1.165, 1.54) is 77.2 Å². The van der Waals surface area contributed by atoms with Crippen molar-refractivity contribution in [2.45, 2.75) is 93.7 Å². The molecular weight excluding hydrogens is 763 g/mol. The van der Waals surface area contributed by atoms with Gasteiger partial charge in [-0.2, -0.15) is 0 Å². The van der Waals surface area contributed by atoms with Gasteiger partial charge in [-0.05, 0) is 0 Å². The number of halogens is 2. The van der Waals surface area contributed by atoms with Gasteiger partial charge in [0.15, 0.2) is 0 Å². The quantitative estimate of drug-likeness (QED) is 0.155. The molecule has 6 rings (SSSR count). The molecule has 0 aromatic heterocycles. The summed E-state index contributed by atoms with van der Waals surface area (Å²) in [6, 6.07) is 28.5. The second kappa shape index (κ2) is 12.9. The van der Waals surface area contributed by atoms with E-state index in [0.29, 0.717) is 0 Å². The van der Waals surface area contributed by atoms with Gasteiger partial charge in [-0.25, -0.2) is 0 Å². The van der Waals surface area contributed by atoms with Crippen molar-refractivity contribution in [3.63, 3.8) is 0 Å². The van der Waals surface area contributed by atoms with E-state index in [1.807, 2.05) is 0 Å². The van der Waals surface area contributed by atoms with Crippen molar-refractivity contribution in [1.82, 2.24) is 0 Å². The molecule has 4 aromatic rings. The van der Waals surface area contributed by atoms with Crippen LogP contribution in [0.2, 0.25) is 52.4 Å². The first kappa shape index (κ1) is 37.2. The van der Waals surface area contributed by atoms with Crippen molar-refractivity contribution in [2.75, 3.05) is 0 Å². The molecule has 0 N–H and O–H groups in total. The number of aryl methyl sites for hydroxylation is 2. The van der Waals surface area contributed by atoms with E-state index >= 15 is 0 Å². The molecule has 257 valence electrons. The van der Waals surface area contributed by atoms with Gasteiger partial charge in [-0.15, -0.1) is 0 Å². The zero-order chi connectivity index (χ0) is 35.9. The third-order valence-corrected chi connectivity index (χ3v) is 67.8. The van der Waals surface area contributed by atoms with Gasteiger partial charge in [0.05, 0.1) is 0 Å². The standard InChI is InChI=1S/C21H25Si.C20H23Si.C2H7Si.2ClH.Zr/c1-6-16-13-18-11-15(2)12-20(21(18)14-16)17-7-9-19(10-8-17)22(3,4)5;1-14-10-17-11-15(2)13-20(17)19(12-14)16-6-8-18(9-7-16)21(3,4)5;1-3-2;;;/h7-14H,6H2,1-5H3;6-13H,1-5H3;3H,1-2H3;2*1H;/q;;;;;+2/p-2. The van der Waals surface area contributed by atoms with Crippen LogP contribution in [0.15, 0.2) is 83.9 Å². The molecule has 0 radical (unpaired) electrons. The SMILES string of the molecule is CCC1=Cc2c(-c3ccc([Si](C)(C)C)cc3)cc(C)cc2[CH]1[Zr]([Cl])([Cl])([CH]1C(C)=Cc2c(-c3ccc([Si](C)(C)C)cc3)cc(C)cc21)[SiH](C)C. The zero-order valence-corrected chi connectivity index (χ0v) is 38.9. The number of fused-ring (bicyclic) bond motifs is 2. The van der Waals surface area contributed by atoms with Crippen molar-refractivity contribution in [1.29, 1.82) is 0 Å². The molecule has 4 aromatic carbocycles. The number of hydrogen-bond donors (Lipinski definition) is 0. The minimum atomic E-state index is -4.81. The monoisotopic (exact) mass is 815 g/mol. The minimum absolute atomic E-state index is 0.0947. The van der Waals surface area contributed by atoms with E-state index in [-0.39, 0.29) is 7.25 Å². The molecule has 0 aliphatic heterocycles. The Hall–Kier alpha value is -1.53. The molecule has 0 bridgehead atoms. The van der Waals surface area contributed by atoms with Crippen LogP contribution in [0.5, 0.6) is 0 Å². The maximum absolute atomic E-state index is 8.67. The van der Waals surface area contributed by atoms with Gasteiger partial charge in [0.1, 0.15) is 0 Å². The molecule has 0 heterocycles. The Morgan fingerprint density at radius 3 is 1.41 bits per heavy atom. The summed E-state index contributed by atoms with van der Waals surface area (Å²) in [6.07, 6.45) is 5.90. The predicted molar refractivity (Wildman–Crippen MR) is 227 cm³/mol. The molecule has 2 unspecified atom stereocenters. The maximum atomic E-state index is 8.67. The second-order valence-electron chi connectivity index (χ2n) is 17.5. The molecule has 2 aliphatic rings. The fourth-order valence-electron chi connectivity index (χ4n) is 8.78. The van der Waals surface area contributed by atoms with Gasteiger partial charge in [-0.3, -0.25) is 0 Å². The summed E-state index contributed by atoms with van der Waals surface area (Å²) in [5.74, 6) is -1.62. The topological polar surface area (TPSA) is 0 Å². The van der Waals surface area contributed by atoms with E-state index in [0.717, 1.165) is 6.42 Å². The summed E-state index contributed by atoms with van der Waals surface area (Å²) < 4.78 is 0.202. The average molecular weight is 818 g/mol. The second-order valence-corrected chi connectivity index (χ2v) is 70.2. The van der Waals surface area contributed by atoms with Gasteiger partial charge < -0.3 is 0 Å². The van der Waals surface area contributed by atoms with Crippen LogP contribution in [-0.2, 0) is 15.6 Å². The van der Waals surface area contributed by atoms with Gasteiger partial charge in [0.2, 0.25) is 0 Å². The van der Waals surface area contributed by atoms with Gasteiger partial charge in [0.25, 0.3) is 0 Å². The fraction of sp³-hybridized carbons (Fsp3) is 0.349. The first-order valence-corrected chi connectivity index (χ1v) is 41.5. The molecule has 2 aliphatic carbocycles. The van der Waals surface area contributed by atoms with E-state index < -0.39 is 37.6 Å². The van der Waals surface area contributed by atoms with Crippen molar-refractivity contribution >= 4 is 61.6 Å². The summed E-state index contributed by atoms with van der Waals surface area (Å²) in [7, 11) is 14.6. The Balaban J connectivity index is 1.54. The third kappa shape index (κ3) is 6.33. The number of rotatable bonds is 8. The van der Waals surface area contributed by atoms with Gasteiger partial charge in [0, 0.05) is 0 Å². The van der Waals surface area contributed by atoms with Crippen molar-refractivity contribution in [2.24, 2.45) is 0 Å². The van der Waals surface area contributed by atoms with Crippen LogP contribution >= 0.6 is 17.0 Å². The van der Waals surface area contributed by atoms with Crippen LogP contribution in [-0.4, -0.2) is 22.1 Å². The normalized spacial score (nSPS) is 18.6. The summed E-state index contributed by atoms with van der Waals surface area (Å²) >= 11 is -4.81. The van der Waals surface area contributed by atoms with Crippen molar-refractivity contribution in [3.8, 4) is 22.3 Å². The summed E-state index contributed by atoms with van der Waals surface area (Å²) in [6.45, 7) is 28.5. The molecule has 0 nitrogen and oxygen atoms in total. The number of benzene rings is 4. The summed E-state index contributed by atoms with van der Waals surface area (Å²) in [4.78, 5) is 0. The van der Waals surface area contributed by atoms with Gasteiger partial charge >= 0.3 is 310 Å². The number of allylic oxidation sites excluding steroid dienone is 2. The first-order chi connectivity index (χ1) is 22.7. The van der Waals surface area contributed by atoms with E-state index in [1.54, 1.807) is 0 Å². The Kier molecular flexibility index (Phi) is 9.77. The molecule has 0 saturated carbocycles. The third-order valence-electron chi connectivity index (χ3n) is 11.6. The van der Waals surface area contributed by atoms with Crippen LogP contribution < -0.4 is 10.4 Å². The van der Waals surface area contributed by atoms with Crippen molar-refractivity contribution in [3.05, 3.63) is 117 Å². The Labute approximate surface area is 307 Å². The Morgan fingerprint density at radius 1 is 0.612 bits per heavy atom. The van der Waals surface area contributed by atoms with Crippen LogP contribution in [0, 0.1) is 13.8 Å². The Morgan fingerprint density at radius 2 is 1.02 bits per heavy atom. The molecule has 0 spiro atoms. The fourth-order valence-corrected chi connectivity index (χ4v) is 43.4. The molecule has 0 amide bonds. The van der Waals surface area contributed by atoms with E-state index in [2.05, 4.69) is 165 Å². The first-order valence-electron chi connectivity index (χ1n) is 18.2. The average Bonchev–Trinajstić information content (AvgIpc) is 3.57. The molecular formula is C43H55Cl2Si3Zr. The predicted octanol–water partition coefficient (Wildman–Crippen LogP) is 12.7. The molecule has 49 heavy (non-hydrogen) atoms. The Bertz CT molecular complexity index is 2010. The van der Waals surface area contributed by atoms with Crippen LogP contribution in [0.1, 0.15) is 60.9 Å². The van der Waals surface area contributed by atoms with E-state index in [9.17, 15) is 0 Å². The van der Waals surface area contributed by atoms with Crippen molar-refractivity contribution < 1.29 is 15.6 Å². The van der Waals surface area contributed by atoms with Crippen LogP contribution in [0.25, 0.3) is 34.4 Å². The summed E-state index contributed by atoms with van der Waals surface area (Å²) in [5.41, 5.74) is 16.0. The van der Waals surface area contributed by atoms with Gasteiger partial charge in [-0.1, -0.05) is 0 Å². The van der Waals surface area contributed by atoms with Crippen LogP contribution in [0.4, 0.5) is 0 Å². The molecule has 0 fully saturated rings. The molecule has 0 saturated heterocycles. The van der Waals surface area contributed by atoms with Crippen LogP contribution in [0.3, 0.4) is 0 Å². The summed E-state index contributed by atoms with van der Waals surface area (Å²) in [5, 5.41) is 2.99. The molecule has 2 atom stereocenters. The number of hydrogen-bond acceptors (Lipinski definition) is 0.